The van der Waals surface area contributed by atoms with Crippen LogP contribution in [0.2, 0.25) is 0 Å². The van der Waals surface area contributed by atoms with Crippen LogP contribution in [0.15, 0.2) is 4.99 Å². The number of guanidine groups is 1. The van der Waals surface area contributed by atoms with Gasteiger partial charge in [0.2, 0.25) is 59.1 Å². The Hall–Kier alpha value is -6.11. The molecule has 15 N–H and O–H groups in total. The van der Waals surface area contributed by atoms with Crippen molar-refractivity contribution in [3.8, 4) is 0 Å². The summed E-state index contributed by atoms with van der Waals surface area (Å²) in [5.74, 6) is -8.65. The van der Waals surface area contributed by atoms with E-state index in [1.807, 2.05) is 11.9 Å². The van der Waals surface area contributed by atoms with Crippen LogP contribution in [0.1, 0.15) is 120 Å². The average Bonchev–Trinajstić information content (AvgIpc) is 4.00. The van der Waals surface area contributed by atoms with Crippen LogP contribution in [0.4, 0.5) is 0 Å². The highest BCUT2D eigenvalue weighted by molar-refractivity contribution is 5.98. The molecule has 0 aromatic heterocycles. The van der Waals surface area contributed by atoms with E-state index in [4.69, 9.17) is 17.2 Å². The largest absolute Gasteiger partial charge is 0.391 e. The molecule has 72 heavy (non-hydrogen) atoms. The van der Waals surface area contributed by atoms with Crippen molar-refractivity contribution in [3.05, 3.63) is 0 Å². The molecular formula is C47H84N14O11. The molecule has 0 spiro atoms. The summed E-state index contributed by atoms with van der Waals surface area (Å²) in [7, 11) is 1.82. The van der Waals surface area contributed by atoms with Gasteiger partial charge in [-0.15, -0.1) is 0 Å². The lowest BCUT2D eigenvalue weighted by Gasteiger charge is -2.32. The van der Waals surface area contributed by atoms with Crippen LogP contribution in [0.5, 0.6) is 0 Å². The smallest absolute Gasteiger partial charge is 0.245 e. The second kappa shape index (κ2) is 30.7. The van der Waals surface area contributed by atoms with Crippen molar-refractivity contribution in [1.29, 1.82) is 0 Å². The molecule has 11 atom stereocenters. The summed E-state index contributed by atoms with van der Waals surface area (Å²) in [5, 5.41) is 31.9. The maximum atomic E-state index is 14.2. The molecule has 0 aromatic rings. The number of hydrogen-bond acceptors (Lipinski definition) is 13. The van der Waals surface area contributed by atoms with Crippen molar-refractivity contribution in [2.24, 2.45) is 39.9 Å². The fraction of sp³-hybridized carbons (Fsp3) is 0.766. The van der Waals surface area contributed by atoms with Crippen molar-refractivity contribution >= 4 is 65.0 Å². The number of aliphatic hydroxyl groups excluding tert-OH is 1. The van der Waals surface area contributed by atoms with Crippen LogP contribution in [0.3, 0.4) is 0 Å². The van der Waals surface area contributed by atoms with Gasteiger partial charge in [-0.05, 0) is 90.1 Å². The highest BCUT2D eigenvalue weighted by Crippen LogP contribution is 2.21. The molecule has 25 nitrogen and oxygen atoms in total. The van der Waals surface area contributed by atoms with Gasteiger partial charge in [0, 0.05) is 26.1 Å². The number of nitrogens with zero attached hydrogens (tertiary/aromatic N) is 3. The molecule has 2 aliphatic rings. The van der Waals surface area contributed by atoms with Crippen LogP contribution in [0.25, 0.3) is 0 Å². The lowest BCUT2D eigenvalue weighted by molar-refractivity contribution is -0.142. The minimum Gasteiger partial charge on any atom is -0.391 e. The Balaban J connectivity index is 2.33. The number of rotatable bonds is 30. The minimum absolute atomic E-state index is 0.0703. The molecule has 0 unspecified atom stereocenters. The number of aliphatic hydroxyl groups is 1. The highest BCUT2D eigenvalue weighted by Gasteiger charge is 2.40. The Morgan fingerprint density at radius 3 is 1.67 bits per heavy atom. The van der Waals surface area contributed by atoms with Gasteiger partial charge in [0.1, 0.15) is 42.3 Å². The lowest BCUT2D eigenvalue weighted by Crippen LogP contribution is -2.63. The molecule has 2 heterocycles. The maximum Gasteiger partial charge on any atom is 0.245 e. The number of nitrogens with two attached hydrogens (primary N) is 3. The molecule has 2 fully saturated rings. The summed E-state index contributed by atoms with van der Waals surface area (Å²) in [4.78, 5) is 142. The Labute approximate surface area is 423 Å². The lowest BCUT2D eigenvalue weighted by atomic mass is 9.95. The Morgan fingerprint density at radius 1 is 0.625 bits per heavy atom. The molecule has 0 aromatic carbocycles. The van der Waals surface area contributed by atoms with E-state index < -0.39 is 120 Å². The Bertz CT molecular complexity index is 1910. The Kier molecular flexibility index (Phi) is 26.4. The molecule has 2 saturated heterocycles. The van der Waals surface area contributed by atoms with E-state index in [-0.39, 0.29) is 62.7 Å². The van der Waals surface area contributed by atoms with E-state index in [9.17, 15) is 53.1 Å². The van der Waals surface area contributed by atoms with Crippen LogP contribution in [-0.2, 0) is 47.9 Å². The number of likely N-dealkylation sites (tertiary alicyclic amines) is 2. The quantitative estimate of drug-likeness (QED) is 0.0191. The first-order valence-corrected chi connectivity index (χ1v) is 25.3. The van der Waals surface area contributed by atoms with E-state index in [0.717, 1.165) is 13.0 Å². The molecule has 25 heteroatoms. The number of carbonyl (C=O) groups is 10. The zero-order valence-corrected chi connectivity index (χ0v) is 43.6. The van der Waals surface area contributed by atoms with Crippen LogP contribution in [-0.4, -0.2) is 174 Å². The van der Waals surface area contributed by atoms with Crippen LogP contribution in [0, 0.1) is 17.8 Å². The number of amides is 10. The Morgan fingerprint density at radius 2 is 1.14 bits per heavy atom. The van der Waals surface area contributed by atoms with Gasteiger partial charge in [-0.25, -0.2) is 0 Å². The molecule has 2 aliphatic heterocycles. The highest BCUT2D eigenvalue weighted by atomic mass is 16.3. The van der Waals surface area contributed by atoms with Gasteiger partial charge < -0.3 is 69.7 Å². The second-order valence-electron chi connectivity index (χ2n) is 19.3. The van der Waals surface area contributed by atoms with Crippen molar-refractivity contribution in [1.82, 2.24) is 52.3 Å². The maximum absolute atomic E-state index is 14.2. The predicted molar refractivity (Wildman–Crippen MR) is 267 cm³/mol. The van der Waals surface area contributed by atoms with E-state index >= 15 is 0 Å². The summed E-state index contributed by atoms with van der Waals surface area (Å²) in [6.45, 7) is 14.4. The van der Waals surface area contributed by atoms with Gasteiger partial charge in [-0.3, -0.25) is 57.8 Å². The van der Waals surface area contributed by atoms with Crippen molar-refractivity contribution < 1.29 is 53.1 Å². The third-order valence-corrected chi connectivity index (χ3v) is 13.2. The normalized spacial score (nSPS) is 19.4. The molecule has 0 aliphatic carbocycles. The number of likely N-dealkylation sites (N-methyl/N-ethyl adjacent to an activating group) is 2. The summed E-state index contributed by atoms with van der Waals surface area (Å²) < 4.78 is 0. The van der Waals surface area contributed by atoms with E-state index in [0.29, 0.717) is 38.6 Å². The SMILES string of the molecule is CCNC(=O)[C@@H]1CCCN1C(=O)[C@H](CCCN=C(N)N)NC(=O)[C@@H](NC(=O)[C@H](CCC(N)=O)NC(=O)[C@@H](NC(=O)[C@H](NC(=O)[C@@H](NC(=O)CNC(=O)[C@@H]1CCCN1C)C(C)C)[C@@H](C)CC)[C@H](C)O)[C@@H](C)CC. The zero-order valence-electron chi connectivity index (χ0n) is 43.6. The monoisotopic (exact) mass is 1020 g/mol. The zero-order chi connectivity index (χ0) is 54.4. The molecule has 2 rings (SSSR count). The van der Waals surface area contributed by atoms with Crippen molar-refractivity contribution in [3.63, 3.8) is 0 Å². The molecule has 408 valence electrons. The number of primary amides is 1. The average molecular weight is 1020 g/mol. The standard InChI is InChI=1S/C47H84N14O11/c1-10-26(6)36(43(69)55-30(16-13-21-52-47(49)50)46(72)61-23-15-18-32(61)41(67)51-12-3)57-39(65)29(19-20-33(48)63)54-45(71)38(28(8)62)59-44(70)37(27(7)11-2)58-42(68)35(25(4)5)56-34(64)24-53-40(66)31-17-14-22-60(31)9/h25-32,35-38,62H,10-24H2,1-9H3,(H2,48,63)(H,51,67)(H,53,66)(H,54,71)(H,55,69)(H,56,64)(H,57,65)(H,58,68)(H,59,70)(H4,49,50,52)/t26-,27-,28-,29-,30-,31-,32-,35-,36-,37+,38-/m0/s1. The van der Waals surface area contributed by atoms with Gasteiger partial charge in [0.15, 0.2) is 5.96 Å². The fourth-order valence-corrected chi connectivity index (χ4v) is 8.47. The van der Waals surface area contributed by atoms with Gasteiger partial charge in [-0.1, -0.05) is 54.4 Å². The van der Waals surface area contributed by atoms with E-state index in [1.165, 1.54) is 11.8 Å². The van der Waals surface area contributed by atoms with E-state index in [1.54, 1.807) is 48.5 Å². The second-order valence-corrected chi connectivity index (χ2v) is 19.3. The van der Waals surface area contributed by atoms with Gasteiger partial charge >= 0.3 is 0 Å². The third-order valence-electron chi connectivity index (χ3n) is 13.2. The van der Waals surface area contributed by atoms with E-state index in [2.05, 4.69) is 47.5 Å². The number of aliphatic imine (C=N–C) groups is 1. The summed E-state index contributed by atoms with van der Waals surface area (Å²) in [6.07, 6.45) is 1.20. The number of carbonyl (C=O) groups excluding carboxylic acids is 10. The summed E-state index contributed by atoms with van der Waals surface area (Å²) in [6, 6.07) is -9.27. The van der Waals surface area contributed by atoms with Gasteiger partial charge in [0.25, 0.3) is 0 Å². The van der Waals surface area contributed by atoms with Crippen LogP contribution >= 0.6 is 0 Å². The first-order valence-electron chi connectivity index (χ1n) is 25.3. The summed E-state index contributed by atoms with van der Waals surface area (Å²) in [5.41, 5.74) is 16.4. The number of hydrogen-bond donors (Lipinski definition) is 12. The molecule has 10 amide bonds. The third kappa shape index (κ3) is 19.5. The fourth-order valence-electron chi connectivity index (χ4n) is 8.47. The van der Waals surface area contributed by atoms with Crippen molar-refractivity contribution in [2.45, 2.75) is 174 Å². The number of nitrogens with one attached hydrogen (secondary N) is 8. The topological polar surface area (TPSA) is 384 Å². The van der Waals surface area contributed by atoms with Crippen molar-refractivity contribution in [2.75, 3.05) is 39.8 Å². The summed E-state index contributed by atoms with van der Waals surface area (Å²) >= 11 is 0. The first-order chi connectivity index (χ1) is 33.9. The predicted octanol–water partition coefficient (Wildman–Crippen LogP) is -3.32. The minimum atomic E-state index is -1.72. The van der Waals surface area contributed by atoms with Gasteiger partial charge in [-0.2, -0.15) is 0 Å². The molecule has 0 bridgehead atoms. The molecule has 0 saturated carbocycles. The molecular weight excluding hydrogens is 937 g/mol. The first kappa shape index (κ1) is 62.0. The van der Waals surface area contributed by atoms with Crippen LogP contribution < -0.4 is 59.7 Å². The molecule has 0 radical (unpaired) electrons. The van der Waals surface area contributed by atoms with Gasteiger partial charge in [0.05, 0.1) is 18.7 Å².